The molecular formula is C16H12Cl2N4O2S. The number of hydrogen-bond donors (Lipinski definition) is 1. The van der Waals surface area contributed by atoms with Gasteiger partial charge in [-0.25, -0.2) is 0 Å². The number of pyridine rings is 1. The molecule has 6 nitrogen and oxygen atoms in total. The maximum Gasteiger partial charge on any atom is 0.234 e. The summed E-state index contributed by atoms with van der Waals surface area (Å²) in [7, 11) is 0. The molecule has 2 heterocycles. The molecule has 0 saturated heterocycles. The number of hydrogen-bond acceptors (Lipinski definition) is 5. The van der Waals surface area contributed by atoms with E-state index >= 15 is 0 Å². The third kappa shape index (κ3) is 3.95. The molecule has 0 aliphatic rings. The smallest absolute Gasteiger partial charge is 0.234 e. The van der Waals surface area contributed by atoms with Crippen LogP contribution in [0.25, 0.3) is 5.65 Å². The molecule has 0 fully saturated rings. The predicted octanol–water partition coefficient (Wildman–Crippen LogP) is 3.97. The van der Waals surface area contributed by atoms with Crippen LogP contribution in [0.1, 0.15) is 17.3 Å². The van der Waals surface area contributed by atoms with Crippen molar-refractivity contribution in [3.05, 3.63) is 52.1 Å². The van der Waals surface area contributed by atoms with E-state index in [1.807, 2.05) is 0 Å². The van der Waals surface area contributed by atoms with Crippen molar-refractivity contribution in [3.8, 4) is 0 Å². The van der Waals surface area contributed by atoms with Gasteiger partial charge in [0.15, 0.2) is 16.6 Å². The number of carbonyl (C=O) groups excluding carboxylic acids is 2. The normalized spacial score (nSPS) is 10.8. The standard InChI is InChI=1S/C16H12Cl2N4O2S/c1-9(23)11-4-2-3-5-13(11)19-14(24)8-25-16-21-20-15-12(18)6-10(17)7-22(15)16/h2-7H,8H2,1H3,(H,19,24). The van der Waals surface area contributed by atoms with Crippen LogP contribution in [0, 0.1) is 0 Å². The van der Waals surface area contributed by atoms with Crippen molar-refractivity contribution in [2.45, 2.75) is 12.1 Å². The monoisotopic (exact) mass is 394 g/mol. The molecule has 0 saturated carbocycles. The second-order valence-corrected chi connectivity index (χ2v) is 6.91. The van der Waals surface area contributed by atoms with E-state index in [4.69, 9.17) is 23.2 Å². The molecular weight excluding hydrogens is 383 g/mol. The second-order valence-electron chi connectivity index (χ2n) is 5.12. The Labute approximate surface area is 157 Å². The van der Waals surface area contributed by atoms with Crippen LogP contribution in [0.5, 0.6) is 0 Å². The molecule has 0 aliphatic heterocycles. The van der Waals surface area contributed by atoms with Gasteiger partial charge in [-0.05, 0) is 25.1 Å². The van der Waals surface area contributed by atoms with Crippen molar-refractivity contribution in [2.24, 2.45) is 0 Å². The summed E-state index contributed by atoms with van der Waals surface area (Å²) in [6.07, 6.45) is 1.63. The molecule has 0 spiro atoms. The number of aromatic nitrogens is 3. The fraction of sp³-hybridized carbons (Fsp3) is 0.125. The van der Waals surface area contributed by atoms with Gasteiger partial charge in [-0.3, -0.25) is 14.0 Å². The second kappa shape index (κ2) is 7.43. The number of ketones is 1. The van der Waals surface area contributed by atoms with Crippen LogP contribution in [0.15, 0.2) is 41.7 Å². The van der Waals surface area contributed by atoms with Gasteiger partial charge in [0.1, 0.15) is 0 Å². The summed E-state index contributed by atoms with van der Waals surface area (Å²) >= 11 is 13.2. The molecule has 3 rings (SSSR count). The van der Waals surface area contributed by atoms with Gasteiger partial charge in [0, 0.05) is 11.8 Å². The van der Waals surface area contributed by atoms with Gasteiger partial charge in [0.25, 0.3) is 0 Å². The van der Waals surface area contributed by atoms with Crippen molar-refractivity contribution in [2.75, 3.05) is 11.1 Å². The first-order valence-electron chi connectivity index (χ1n) is 7.18. The Kier molecular flexibility index (Phi) is 5.27. The number of carbonyl (C=O) groups is 2. The summed E-state index contributed by atoms with van der Waals surface area (Å²) in [4.78, 5) is 23.8. The quantitative estimate of drug-likeness (QED) is 0.523. The van der Waals surface area contributed by atoms with E-state index in [1.54, 1.807) is 40.9 Å². The number of para-hydroxylation sites is 1. The maximum absolute atomic E-state index is 12.2. The third-order valence-corrected chi connectivity index (χ3v) is 4.74. The van der Waals surface area contributed by atoms with Gasteiger partial charge in [0.2, 0.25) is 5.91 Å². The first kappa shape index (κ1) is 17.7. The number of thioether (sulfide) groups is 1. The summed E-state index contributed by atoms with van der Waals surface area (Å²) in [6.45, 7) is 1.45. The fourth-order valence-electron chi connectivity index (χ4n) is 2.22. The van der Waals surface area contributed by atoms with Gasteiger partial charge in [-0.15, -0.1) is 10.2 Å². The summed E-state index contributed by atoms with van der Waals surface area (Å²) in [6, 6.07) is 8.43. The molecule has 0 bridgehead atoms. The first-order valence-corrected chi connectivity index (χ1v) is 8.92. The topological polar surface area (TPSA) is 76.4 Å². The predicted molar refractivity (Wildman–Crippen MR) is 98.8 cm³/mol. The van der Waals surface area contributed by atoms with Crippen molar-refractivity contribution < 1.29 is 9.59 Å². The van der Waals surface area contributed by atoms with E-state index in [0.29, 0.717) is 32.1 Å². The highest BCUT2D eigenvalue weighted by atomic mass is 35.5. The highest BCUT2D eigenvalue weighted by Crippen LogP contribution is 2.25. The van der Waals surface area contributed by atoms with E-state index in [9.17, 15) is 9.59 Å². The zero-order valence-electron chi connectivity index (χ0n) is 13.0. The molecule has 0 atom stereocenters. The van der Waals surface area contributed by atoms with Crippen LogP contribution in [0.4, 0.5) is 5.69 Å². The molecule has 2 aromatic heterocycles. The lowest BCUT2D eigenvalue weighted by Gasteiger charge is -2.08. The average molecular weight is 395 g/mol. The molecule has 1 amide bonds. The van der Waals surface area contributed by atoms with E-state index in [-0.39, 0.29) is 17.4 Å². The lowest BCUT2D eigenvalue weighted by Crippen LogP contribution is -2.16. The number of nitrogens with zero attached hydrogens (tertiary/aromatic N) is 3. The maximum atomic E-state index is 12.2. The molecule has 128 valence electrons. The Morgan fingerprint density at radius 1 is 1.24 bits per heavy atom. The molecule has 1 N–H and O–H groups in total. The summed E-state index contributed by atoms with van der Waals surface area (Å²) in [5.41, 5.74) is 1.42. The molecule has 9 heteroatoms. The Balaban J connectivity index is 1.72. The lowest BCUT2D eigenvalue weighted by molar-refractivity contribution is -0.113. The molecule has 0 unspecified atom stereocenters. The minimum atomic E-state index is -0.261. The van der Waals surface area contributed by atoms with Gasteiger partial charge in [-0.1, -0.05) is 47.1 Å². The number of amides is 1. The Bertz CT molecular complexity index is 974. The number of halogens is 2. The van der Waals surface area contributed by atoms with Crippen LogP contribution in [0.3, 0.4) is 0 Å². The van der Waals surface area contributed by atoms with Gasteiger partial charge in [-0.2, -0.15) is 0 Å². The number of nitrogens with one attached hydrogen (secondary N) is 1. The van der Waals surface area contributed by atoms with Crippen LogP contribution in [0.2, 0.25) is 10.0 Å². The van der Waals surface area contributed by atoms with Crippen LogP contribution >= 0.6 is 35.0 Å². The molecule has 0 aliphatic carbocycles. The highest BCUT2D eigenvalue weighted by molar-refractivity contribution is 7.99. The zero-order chi connectivity index (χ0) is 18.0. The van der Waals surface area contributed by atoms with Gasteiger partial charge >= 0.3 is 0 Å². The Morgan fingerprint density at radius 2 is 2.00 bits per heavy atom. The SMILES string of the molecule is CC(=O)c1ccccc1NC(=O)CSc1nnc2c(Cl)cc(Cl)cn12. The number of benzene rings is 1. The number of Topliss-reactive ketones (excluding diaryl/α,β-unsaturated/α-hetero) is 1. The Morgan fingerprint density at radius 3 is 2.76 bits per heavy atom. The lowest BCUT2D eigenvalue weighted by atomic mass is 10.1. The van der Waals surface area contributed by atoms with Gasteiger partial charge < -0.3 is 5.32 Å². The Hall–Kier alpha value is -2.09. The first-order chi connectivity index (χ1) is 12.0. The minimum absolute atomic E-state index is 0.0944. The number of rotatable bonds is 5. The zero-order valence-corrected chi connectivity index (χ0v) is 15.3. The van der Waals surface area contributed by atoms with Crippen molar-refractivity contribution in [1.29, 1.82) is 0 Å². The summed E-state index contributed by atoms with van der Waals surface area (Å²) in [5, 5.41) is 12.1. The van der Waals surface area contributed by atoms with E-state index in [1.165, 1.54) is 18.7 Å². The fourth-order valence-corrected chi connectivity index (χ4v) is 3.43. The minimum Gasteiger partial charge on any atom is -0.325 e. The summed E-state index contributed by atoms with van der Waals surface area (Å²) in [5.74, 6) is -0.281. The van der Waals surface area contributed by atoms with Crippen molar-refractivity contribution >= 4 is 58.0 Å². The number of fused-ring (bicyclic) bond motifs is 1. The molecule has 25 heavy (non-hydrogen) atoms. The van der Waals surface area contributed by atoms with Crippen LogP contribution in [-0.4, -0.2) is 32.0 Å². The van der Waals surface area contributed by atoms with E-state index in [0.717, 1.165) is 0 Å². The van der Waals surface area contributed by atoms with Gasteiger partial charge in [0.05, 0.1) is 21.5 Å². The highest BCUT2D eigenvalue weighted by Gasteiger charge is 2.14. The van der Waals surface area contributed by atoms with Crippen LogP contribution in [-0.2, 0) is 4.79 Å². The van der Waals surface area contributed by atoms with E-state index < -0.39 is 0 Å². The van der Waals surface area contributed by atoms with Crippen molar-refractivity contribution in [3.63, 3.8) is 0 Å². The van der Waals surface area contributed by atoms with E-state index in [2.05, 4.69) is 15.5 Å². The van der Waals surface area contributed by atoms with Crippen LogP contribution < -0.4 is 5.32 Å². The molecule has 1 aromatic carbocycles. The van der Waals surface area contributed by atoms with Crippen molar-refractivity contribution in [1.82, 2.24) is 14.6 Å². The molecule has 0 radical (unpaired) electrons. The third-order valence-electron chi connectivity index (χ3n) is 3.31. The summed E-state index contributed by atoms with van der Waals surface area (Å²) < 4.78 is 1.63. The largest absolute Gasteiger partial charge is 0.325 e. The number of anilines is 1. The molecule has 3 aromatic rings. The average Bonchev–Trinajstić information content (AvgIpc) is 2.96.